The van der Waals surface area contributed by atoms with Crippen molar-refractivity contribution in [2.75, 3.05) is 5.32 Å². The summed E-state index contributed by atoms with van der Waals surface area (Å²) < 4.78 is 0. The Morgan fingerprint density at radius 2 is 1.75 bits per heavy atom. The van der Waals surface area contributed by atoms with Gasteiger partial charge in [0, 0.05) is 26.7 Å². The lowest BCUT2D eigenvalue weighted by Crippen LogP contribution is -1.89. The maximum Gasteiger partial charge on any atom is 0.187 e. The minimum Gasteiger partial charge on any atom is -0.331 e. The zero-order valence-corrected chi connectivity index (χ0v) is 12.6. The molecule has 0 amide bonds. The van der Waals surface area contributed by atoms with Crippen molar-refractivity contribution >= 4 is 45.4 Å². The van der Waals surface area contributed by atoms with Crippen LogP contribution in [0.15, 0.2) is 53.9 Å². The van der Waals surface area contributed by atoms with Crippen molar-refractivity contribution in [2.24, 2.45) is 0 Å². The molecule has 0 spiro atoms. The molecule has 1 heterocycles. The summed E-state index contributed by atoms with van der Waals surface area (Å²) in [5.74, 6) is 0. The van der Waals surface area contributed by atoms with Gasteiger partial charge in [0.2, 0.25) is 0 Å². The molecule has 0 unspecified atom stereocenters. The van der Waals surface area contributed by atoms with Crippen molar-refractivity contribution in [3.63, 3.8) is 0 Å². The van der Waals surface area contributed by atoms with E-state index >= 15 is 0 Å². The molecular formula is C15H10Cl2N2S. The monoisotopic (exact) mass is 320 g/mol. The van der Waals surface area contributed by atoms with Crippen molar-refractivity contribution in [3.8, 4) is 11.3 Å². The molecule has 0 atom stereocenters. The average molecular weight is 321 g/mol. The molecule has 3 aromatic rings. The smallest absolute Gasteiger partial charge is 0.187 e. The largest absolute Gasteiger partial charge is 0.331 e. The van der Waals surface area contributed by atoms with Crippen molar-refractivity contribution in [1.29, 1.82) is 0 Å². The summed E-state index contributed by atoms with van der Waals surface area (Å²) in [5.41, 5.74) is 2.90. The predicted octanol–water partition coefficient (Wildman–Crippen LogP) is 5.86. The van der Waals surface area contributed by atoms with Gasteiger partial charge in [0.15, 0.2) is 5.13 Å². The third kappa shape index (κ3) is 3.12. The second-order valence-corrected chi connectivity index (χ2v) is 5.91. The molecule has 0 bridgehead atoms. The maximum atomic E-state index is 5.96. The highest BCUT2D eigenvalue weighted by atomic mass is 35.5. The SMILES string of the molecule is Clc1ccc(-c2csc(Nc3cccc(Cl)c3)n2)cc1. The van der Waals surface area contributed by atoms with Gasteiger partial charge < -0.3 is 5.32 Å². The van der Waals surface area contributed by atoms with Gasteiger partial charge in [-0.1, -0.05) is 41.4 Å². The van der Waals surface area contributed by atoms with E-state index in [0.29, 0.717) is 5.02 Å². The lowest BCUT2D eigenvalue weighted by molar-refractivity contribution is 1.38. The normalized spacial score (nSPS) is 10.5. The Morgan fingerprint density at radius 1 is 0.950 bits per heavy atom. The first-order chi connectivity index (χ1) is 9.70. The van der Waals surface area contributed by atoms with Crippen molar-refractivity contribution < 1.29 is 0 Å². The minimum absolute atomic E-state index is 0.699. The van der Waals surface area contributed by atoms with E-state index in [-0.39, 0.29) is 0 Å². The molecule has 2 aromatic carbocycles. The Kier molecular flexibility index (Phi) is 3.92. The van der Waals surface area contributed by atoms with Crippen molar-refractivity contribution in [3.05, 3.63) is 64.0 Å². The first-order valence-electron chi connectivity index (χ1n) is 5.95. The van der Waals surface area contributed by atoms with E-state index in [4.69, 9.17) is 23.2 Å². The highest BCUT2D eigenvalue weighted by Crippen LogP contribution is 2.28. The van der Waals surface area contributed by atoms with Gasteiger partial charge in [-0.2, -0.15) is 0 Å². The number of thiazole rings is 1. The predicted molar refractivity (Wildman–Crippen MR) is 87.3 cm³/mol. The topological polar surface area (TPSA) is 24.9 Å². The third-order valence-corrected chi connectivity index (χ3v) is 3.96. The van der Waals surface area contributed by atoms with Crippen LogP contribution in [0.4, 0.5) is 10.8 Å². The van der Waals surface area contributed by atoms with Crippen LogP contribution >= 0.6 is 34.5 Å². The highest BCUT2D eigenvalue weighted by Gasteiger charge is 2.05. The first-order valence-corrected chi connectivity index (χ1v) is 7.58. The molecule has 0 fully saturated rings. The van der Waals surface area contributed by atoms with Crippen molar-refractivity contribution in [1.82, 2.24) is 4.98 Å². The Hall–Kier alpha value is -1.55. The molecule has 5 heteroatoms. The number of benzene rings is 2. The summed E-state index contributed by atoms with van der Waals surface area (Å²) in [4.78, 5) is 4.56. The minimum atomic E-state index is 0.699. The number of nitrogens with one attached hydrogen (secondary N) is 1. The van der Waals surface area contributed by atoms with Crippen LogP contribution in [0.3, 0.4) is 0 Å². The Balaban J connectivity index is 1.82. The summed E-state index contributed by atoms with van der Waals surface area (Å²) in [7, 11) is 0. The molecule has 0 saturated carbocycles. The quantitative estimate of drug-likeness (QED) is 0.653. The molecule has 0 radical (unpaired) electrons. The van der Waals surface area contributed by atoms with Crippen LogP contribution in [0.25, 0.3) is 11.3 Å². The van der Waals surface area contributed by atoms with Crippen LogP contribution in [0.1, 0.15) is 0 Å². The van der Waals surface area contributed by atoms with Gasteiger partial charge in [-0.3, -0.25) is 0 Å². The molecule has 1 N–H and O–H groups in total. The van der Waals surface area contributed by atoms with E-state index in [1.165, 1.54) is 0 Å². The fraction of sp³-hybridized carbons (Fsp3) is 0. The zero-order chi connectivity index (χ0) is 13.9. The van der Waals surface area contributed by atoms with Crippen LogP contribution in [0.2, 0.25) is 10.0 Å². The van der Waals surface area contributed by atoms with E-state index in [0.717, 1.165) is 27.1 Å². The average Bonchev–Trinajstić information content (AvgIpc) is 2.88. The van der Waals surface area contributed by atoms with Gasteiger partial charge in [-0.25, -0.2) is 4.98 Å². The number of hydrogen-bond donors (Lipinski definition) is 1. The lowest BCUT2D eigenvalue weighted by Gasteiger charge is -2.02. The lowest BCUT2D eigenvalue weighted by atomic mass is 10.2. The van der Waals surface area contributed by atoms with Crippen LogP contribution in [-0.2, 0) is 0 Å². The summed E-state index contributed by atoms with van der Waals surface area (Å²) in [6, 6.07) is 15.2. The maximum absolute atomic E-state index is 5.96. The highest BCUT2D eigenvalue weighted by molar-refractivity contribution is 7.14. The molecule has 1 aromatic heterocycles. The van der Waals surface area contributed by atoms with E-state index in [2.05, 4.69) is 10.3 Å². The fourth-order valence-electron chi connectivity index (χ4n) is 1.77. The number of aromatic nitrogens is 1. The summed E-state index contributed by atoms with van der Waals surface area (Å²) in [6.45, 7) is 0. The number of nitrogens with zero attached hydrogens (tertiary/aromatic N) is 1. The fourth-order valence-corrected chi connectivity index (χ4v) is 2.83. The molecule has 20 heavy (non-hydrogen) atoms. The molecule has 2 nitrogen and oxygen atoms in total. The van der Waals surface area contributed by atoms with Crippen LogP contribution in [0.5, 0.6) is 0 Å². The van der Waals surface area contributed by atoms with Gasteiger partial charge in [-0.15, -0.1) is 11.3 Å². The first kappa shape index (κ1) is 13.4. The van der Waals surface area contributed by atoms with Gasteiger partial charge >= 0.3 is 0 Å². The Bertz CT molecular complexity index is 723. The third-order valence-electron chi connectivity index (χ3n) is 2.72. The molecule has 100 valence electrons. The van der Waals surface area contributed by atoms with Gasteiger partial charge in [0.25, 0.3) is 0 Å². The number of hydrogen-bond acceptors (Lipinski definition) is 3. The summed E-state index contributed by atoms with van der Waals surface area (Å²) >= 11 is 13.4. The van der Waals surface area contributed by atoms with Gasteiger partial charge in [-0.05, 0) is 30.3 Å². The molecule has 0 aliphatic rings. The molecule has 0 saturated heterocycles. The van der Waals surface area contributed by atoms with Crippen molar-refractivity contribution in [2.45, 2.75) is 0 Å². The van der Waals surface area contributed by atoms with Gasteiger partial charge in [0.1, 0.15) is 0 Å². The van der Waals surface area contributed by atoms with E-state index in [1.807, 2.05) is 53.9 Å². The van der Waals surface area contributed by atoms with E-state index in [1.54, 1.807) is 11.3 Å². The molecule has 3 rings (SSSR count). The number of anilines is 2. The Morgan fingerprint density at radius 3 is 2.50 bits per heavy atom. The number of halogens is 2. The van der Waals surface area contributed by atoms with Gasteiger partial charge in [0.05, 0.1) is 5.69 Å². The van der Waals surface area contributed by atoms with Crippen LogP contribution in [0, 0.1) is 0 Å². The Labute approximate surface area is 131 Å². The molecule has 0 aliphatic heterocycles. The van der Waals surface area contributed by atoms with Crippen LogP contribution < -0.4 is 5.32 Å². The van der Waals surface area contributed by atoms with Crippen LogP contribution in [-0.4, -0.2) is 4.98 Å². The second kappa shape index (κ2) is 5.83. The zero-order valence-electron chi connectivity index (χ0n) is 10.3. The van der Waals surface area contributed by atoms with E-state index in [9.17, 15) is 0 Å². The van der Waals surface area contributed by atoms with E-state index < -0.39 is 0 Å². The summed E-state index contributed by atoms with van der Waals surface area (Å²) in [5, 5.41) is 7.51. The summed E-state index contributed by atoms with van der Waals surface area (Å²) in [6.07, 6.45) is 0. The second-order valence-electron chi connectivity index (χ2n) is 4.18. The standard InChI is InChI=1S/C15H10Cl2N2S/c16-11-6-4-10(5-7-11)14-9-20-15(19-14)18-13-3-1-2-12(17)8-13/h1-9H,(H,18,19). The number of rotatable bonds is 3. The molecular weight excluding hydrogens is 311 g/mol. The molecule has 0 aliphatic carbocycles.